The molecule has 4 N–H and O–H groups in total. The van der Waals surface area contributed by atoms with Crippen molar-refractivity contribution in [1.29, 1.82) is 0 Å². The number of fused-ring (bicyclic) bond motifs is 1. The summed E-state index contributed by atoms with van der Waals surface area (Å²) in [6.45, 7) is 5.73. The largest absolute Gasteiger partial charge is 0.383 e. The van der Waals surface area contributed by atoms with Gasteiger partial charge in [-0.25, -0.2) is 0 Å². The van der Waals surface area contributed by atoms with Gasteiger partial charge in [0.15, 0.2) is 0 Å². The molecule has 146 valence electrons. The lowest BCUT2D eigenvalue weighted by molar-refractivity contribution is -0.123. The number of hydrogen-bond acceptors (Lipinski definition) is 6. The lowest BCUT2D eigenvalue weighted by Crippen LogP contribution is -2.33. The topological polar surface area (TPSA) is 113 Å². The van der Waals surface area contributed by atoms with Crippen LogP contribution in [0.3, 0.4) is 0 Å². The van der Waals surface area contributed by atoms with Crippen LogP contribution in [0.15, 0.2) is 18.2 Å². The van der Waals surface area contributed by atoms with Gasteiger partial charge in [-0.05, 0) is 49.9 Å². The fraction of sp³-hybridized carbons (Fsp3) is 0.400. The average Bonchev–Trinajstić information content (AvgIpc) is 3.18. The van der Waals surface area contributed by atoms with Gasteiger partial charge in [-0.15, -0.1) is 0 Å². The van der Waals surface area contributed by atoms with Crippen molar-refractivity contribution >= 4 is 35.1 Å². The van der Waals surface area contributed by atoms with Crippen molar-refractivity contribution in [2.75, 3.05) is 34.4 Å². The average molecular weight is 380 g/mol. The van der Waals surface area contributed by atoms with Crippen LogP contribution in [0.4, 0.5) is 23.3 Å². The Balaban J connectivity index is 1.64. The molecule has 1 atom stereocenters. The summed E-state index contributed by atoms with van der Waals surface area (Å²) in [5.41, 5.74) is 9.62. The number of nitrogens with one attached hydrogen (secondary N) is 2. The molecule has 1 aromatic heterocycles. The highest BCUT2D eigenvalue weighted by molar-refractivity contribution is 6.05. The van der Waals surface area contributed by atoms with E-state index >= 15 is 0 Å². The molecule has 2 aliphatic heterocycles. The summed E-state index contributed by atoms with van der Waals surface area (Å²) in [6.07, 6.45) is 2.17. The maximum atomic E-state index is 13.0. The maximum Gasteiger partial charge on any atom is 0.232 e. The van der Waals surface area contributed by atoms with Gasteiger partial charge in [0.25, 0.3) is 0 Å². The van der Waals surface area contributed by atoms with Crippen molar-refractivity contribution in [3.63, 3.8) is 0 Å². The predicted molar refractivity (Wildman–Crippen MR) is 108 cm³/mol. The third-order valence-corrected chi connectivity index (χ3v) is 5.44. The highest BCUT2D eigenvalue weighted by atomic mass is 16.2. The third-order valence-electron chi connectivity index (χ3n) is 5.44. The first kappa shape index (κ1) is 18.2. The molecule has 0 bridgehead atoms. The second kappa shape index (κ2) is 7.10. The molecule has 2 aliphatic rings. The van der Waals surface area contributed by atoms with E-state index in [1.165, 1.54) is 0 Å². The van der Waals surface area contributed by atoms with Gasteiger partial charge in [-0.1, -0.05) is 6.07 Å². The van der Waals surface area contributed by atoms with Crippen LogP contribution in [-0.4, -0.2) is 34.9 Å². The summed E-state index contributed by atoms with van der Waals surface area (Å²) < 4.78 is 0. The highest BCUT2D eigenvalue weighted by Crippen LogP contribution is 2.37. The number of anilines is 4. The van der Waals surface area contributed by atoms with Crippen LogP contribution < -0.4 is 21.3 Å². The molecule has 1 fully saturated rings. The molecule has 2 aromatic rings. The number of aromatic nitrogens is 2. The highest BCUT2D eigenvalue weighted by Gasteiger charge is 2.35. The van der Waals surface area contributed by atoms with Gasteiger partial charge in [-0.2, -0.15) is 9.97 Å². The van der Waals surface area contributed by atoms with Gasteiger partial charge >= 0.3 is 0 Å². The Labute approximate surface area is 163 Å². The Hall–Kier alpha value is -3.16. The van der Waals surface area contributed by atoms with Gasteiger partial charge in [0.2, 0.25) is 17.8 Å². The van der Waals surface area contributed by atoms with Crippen molar-refractivity contribution in [3.8, 4) is 0 Å². The minimum absolute atomic E-state index is 0.0142. The molecule has 3 heterocycles. The Bertz CT molecular complexity index is 952. The van der Waals surface area contributed by atoms with Gasteiger partial charge in [0.05, 0.1) is 11.5 Å². The van der Waals surface area contributed by atoms with Gasteiger partial charge in [-0.3, -0.25) is 9.59 Å². The summed E-state index contributed by atoms with van der Waals surface area (Å²) in [7, 11) is 0. The second-order valence-electron chi connectivity index (χ2n) is 7.46. The molecule has 8 nitrogen and oxygen atoms in total. The number of benzene rings is 1. The zero-order valence-electron chi connectivity index (χ0n) is 16.1. The minimum Gasteiger partial charge on any atom is -0.383 e. The first-order chi connectivity index (χ1) is 13.4. The Morgan fingerprint density at radius 3 is 2.68 bits per heavy atom. The Morgan fingerprint density at radius 2 is 1.96 bits per heavy atom. The van der Waals surface area contributed by atoms with Crippen LogP contribution in [0.25, 0.3) is 0 Å². The van der Waals surface area contributed by atoms with Crippen LogP contribution in [-0.2, 0) is 9.59 Å². The number of nitrogens with two attached hydrogens (primary N) is 1. The van der Waals surface area contributed by atoms with E-state index in [9.17, 15) is 9.59 Å². The number of nitrogen functional groups attached to an aromatic ring is 1. The molecular formula is C20H24N6O2. The number of hydrogen-bond donors (Lipinski definition) is 3. The first-order valence-electron chi connectivity index (χ1n) is 9.52. The molecule has 0 saturated carbocycles. The van der Waals surface area contributed by atoms with E-state index in [0.29, 0.717) is 23.0 Å². The summed E-state index contributed by atoms with van der Waals surface area (Å²) in [5.74, 6) is -0.179. The molecule has 0 spiro atoms. The van der Waals surface area contributed by atoms with Crippen LogP contribution in [0.2, 0.25) is 0 Å². The van der Waals surface area contributed by atoms with E-state index < -0.39 is 5.92 Å². The molecular weight excluding hydrogens is 356 g/mol. The monoisotopic (exact) mass is 380 g/mol. The lowest BCUT2D eigenvalue weighted by atomic mass is 9.91. The summed E-state index contributed by atoms with van der Waals surface area (Å²) in [5, 5.41) is 5.65. The molecule has 0 aliphatic carbocycles. The summed E-state index contributed by atoms with van der Waals surface area (Å²) >= 11 is 0. The van der Waals surface area contributed by atoms with Gasteiger partial charge in [0.1, 0.15) is 11.6 Å². The molecule has 0 unspecified atom stereocenters. The van der Waals surface area contributed by atoms with Crippen LogP contribution in [0, 0.1) is 13.8 Å². The van der Waals surface area contributed by atoms with E-state index in [2.05, 4.69) is 20.6 Å². The van der Waals surface area contributed by atoms with Crippen LogP contribution >= 0.6 is 0 Å². The second-order valence-corrected chi connectivity index (χ2v) is 7.46. The number of aryl methyl sites for hydroxylation is 2. The van der Waals surface area contributed by atoms with E-state index in [1.54, 1.807) is 0 Å². The molecule has 4 rings (SSSR count). The zero-order valence-corrected chi connectivity index (χ0v) is 16.1. The summed E-state index contributed by atoms with van der Waals surface area (Å²) in [6, 6.07) is 5.71. The summed E-state index contributed by atoms with van der Waals surface area (Å²) in [4.78, 5) is 36.1. The maximum absolute atomic E-state index is 13.0. The van der Waals surface area contributed by atoms with E-state index in [0.717, 1.165) is 37.1 Å². The number of nitrogens with zero attached hydrogens (tertiary/aromatic N) is 3. The molecule has 1 aromatic carbocycles. The predicted octanol–water partition coefficient (Wildman–Crippen LogP) is 2.34. The van der Waals surface area contributed by atoms with Crippen LogP contribution in [0.1, 0.15) is 41.9 Å². The quantitative estimate of drug-likeness (QED) is 0.753. The van der Waals surface area contributed by atoms with Crippen molar-refractivity contribution in [2.24, 2.45) is 0 Å². The van der Waals surface area contributed by atoms with Crippen molar-refractivity contribution < 1.29 is 9.59 Å². The number of carbonyl (C=O) groups is 2. The molecule has 0 radical (unpaired) electrons. The van der Waals surface area contributed by atoms with Crippen molar-refractivity contribution in [3.05, 3.63) is 34.9 Å². The number of rotatable bonds is 3. The van der Waals surface area contributed by atoms with Gasteiger partial charge in [0, 0.05) is 25.2 Å². The normalized spacial score (nSPS) is 18.6. The molecule has 1 saturated heterocycles. The molecule has 8 heteroatoms. The van der Waals surface area contributed by atoms with E-state index in [1.807, 2.05) is 36.9 Å². The zero-order chi connectivity index (χ0) is 19.8. The first-order valence-corrected chi connectivity index (χ1v) is 9.52. The standard InChI is InChI=1S/C20H24N6O2/c1-11-5-6-13(9-12(11)2)22-19(28)14-10-15(27)23-18-16(14)17(21)24-20(25-18)26-7-3-4-8-26/h5-6,9,14H,3-4,7-8,10H2,1-2H3,(H,22,28)(H3,21,23,24,25,27)/t14-/m1/s1. The van der Waals surface area contributed by atoms with Crippen molar-refractivity contribution in [1.82, 2.24) is 9.97 Å². The third kappa shape index (κ3) is 3.37. The lowest BCUT2D eigenvalue weighted by Gasteiger charge is -2.26. The Kier molecular flexibility index (Phi) is 4.62. The fourth-order valence-corrected chi connectivity index (χ4v) is 3.71. The van der Waals surface area contributed by atoms with Gasteiger partial charge < -0.3 is 21.3 Å². The van der Waals surface area contributed by atoms with Crippen molar-refractivity contribution in [2.45, 2.75) is 39.0 Å². The minimum atomic E-state index is -0.724. The fourth-order valence-electron chi connectivity index (χ4n) is 3.71. The van der Waals surface area contributed by atoms with E-state index in [4.69, 9.17) is 5.73 Å². The number of carbonyl (C=O) groups excluding carboxylic acids is 2. The molecule has 2 amide bonds. The molecule has 28 heavy (non-hydrogen) atoms. The number of amides is 2. The smallest absolute Gasteiger partial charge is 0.232 e. The van der Waals surface area contributed by atoms with E-state index in [-0.39, 0.29) is 24.1 Å². The SMILES string of the molecule is Cc1ccc(NC(=O)[C@@H]2CC(=O)Nc3nc(N4CCCC4)nc(N)c32)cc1C. The Morgan fingerprint density at radius 1 is 1.21 bits per heavy atom. The van der Waals surface area contributed by atoms with Crippen LogP contribution in [0.5, 0.6) is 0 Å².